The van der Waals surface area contributed by atoms with Crippen LogP contribution in [0.5, 0.6) is 0 Å². The predicted octanol–water partition coefficient (Wildman–Crippen LogP) is 3.76. The first-order valence-electron chi connectivity index (χ1n) is 7.25. The van der Waals surface area contributed by atoms with Gasteiger partial charge in [0.1, 0.15) is 5.82 Å². The van der Waals surface area contributed by atoms with Gasteiger partial charge in [0.25, 0.3) is 0 Å². The van der Waals surface area contributed by atoms with Gasteiger partial charge in [-0.2, -0.15) is 13.2 Å². The predicted molar refractivity (Wildman–Crippen MR) is 78.0 cm³/mol. The number of rotatable bonds is 4. The fraction of sp³-hybridized carbons (Fsp3) is 0.500. The molecule has 22 heavy (non-hydrogen) atoms. The number of nitrogens with zero attached hydrogens (tertiary/aromatic N) is 1. The van der Waals surface area contributed by atoms with E-state index in [1.165, 1.54) is 0 Å². The molecule has 1 heterocycles. The number of nitrogens with one attached hydrogen (secondary N) is 1. The van der Waals surface area contributed by atoms with E-state index >= 15 is 0 Å². The molecule has 6 heteroatoms. The van der Waals surface area contributed by atoms with E-state index in [0.717, 1.165) is 23.8 Å². The highest BCUT2D eigenvalue weighted by Gasteiger charge is 2.38. The van der Waals surface area contributed by atoms with Gasteiger partial charge in [0.05, 0.1) is 5.56 Å². The molecule has 1 aliphatic rings. The van der Waals surface area contributed by atoms with Crippen LogP contribution in [-0.2, 0) is 6.18 Å². The first-order valence-corrected chi connectivity index (χ1v) is 7.25. The Labute approximate surface area is 127 Å². The van der Waals surface area contributed by atoms with Gasteiger partial charge >= 0.3 is 6.18 Å². The summed E-state index contributed by atoms with van der Waals surface area (Å²) >= 11 is 0. The zero-order valence-corrected chi connectivity index (χ0v) is 12.5. The van der Waals surface area contributed by atoms with Crippen molar-refractivity contribution in [1.29, 1.82) is 0 Å². The van der Waals surface area contributed by atoms with Crippen LogP contribution in [0.2, 0.25) is 0 Å². The van der Waals surface area contributed by atoms with Crippen LogP contribution in [0, 0.1) is 5.82 Å². The van der Waals surface area contributed by atoms with Gasteiger partial charge in [0.2, 0.25) is 0 Å². The van der Waals surface area contributed by atoms with Crippen LogP contribution in [-0.4, -0.2) is 31.1 Å². The van der Waals surface area contributed by atoms with Crippen molar-refractivity contribution in [2.24, 2.45) is 0 Å². The van der Waals surface area contributed by atoms with E-state index < -0.39 is 23.6 Å². The molecule has 2 nitrogen and oxygen atoms in total. The van der Waals surface area contributed by atoms with Gasteiger partial charge in [0, 0.05) is 37.8 Å². The zero-order chi connectivity index (χ0) is 16.3. The molecule has 1 aromatic carbocycles. The van der Waals surface area contributed by atoms with Crippen LogP contribution in [0.1, 0.15) is 30.5 Å². The summed E-state index contributed by atoms with van der Waals surface area (Å²) in [4.78, 5) is 1.90. The topological polar surface area (TPSA) is 15.3 Å². The summed E-state index contributed by atoms with van der Waals surface area (Å²) in [5.41, 5.74) is -0.419. The molecule has 2 rings (SSSR count). The van der Waals surface area contributed by atoms with Crippen molar-refractivity contribution >= 4 is 0 Å². The third-order valence-electron chi connectivity index (χ3n) is 3.83. The van der Waals surface area contributed by atoms with Gasteiger partial charge in [-0.05, 0) is 25.5 Å². The molecule has 1 atom stereocenters. The molecular weight excluding hydrogens is 296 g/mol. The molecule has 122 valence electrons. The molecule has 1 aliphatic heterocycles. The highest BCUT2D eigenvalue weighted by molar-refractivity contribution is 5.35. The van der Waals surface area contributed by atoms with E-state index in [1.54, 1.807) is 6.92 Å². The fourth-order valence-electron chi connectivity index (χ4n) is 2.86. The smallest absolute Gasteiger partial charge is 0.314 e. The average Bonchev–Trinajstić information content (AvgIpc) is 2.44. The highest BCUT2D eigenvalue weighted by Crippen LogP contribution is 2.39. The standard InChI is InChI=1S/C16H20F4N2/c1-11(2)10-14(22-8-6-21-7-9-22)15-12(16(18,19)20)4-3-5-13(15)17/h3-5,14,21H,1,6-10H2,2H3/t14-/m0/s1. The maximum absolute atomic E-state index is 14.3. The van der Waals surface area contributed by atoms with Crippen LogP contribution < -0.4 is 5.32 Å². The second-order valence-corrected chi connectivity index (χ2v) is 5.66. The Morgan fingerprint density at radius 2 is 1.95 bits per heavy atom. The largest absolute Gasteiger partial charge is 0.416 e. The molecule has 1 fully saturated rings. The summed E-state index contributed by atoms with van der Waals surface area (Å²) in [7, 11) is 0. The Balaban J connectivity index is 2.48. The van der Waals surface area contributed by atoms with E-state index in [-0.39, 0.29) is 5.56 Å². The molecule has 0 amide bonds. The summed E-state index contributed by atoms with van der Waals surface area (Å²) in [6.07, 6.45) is -4.26. The van der Waals surface area contributed by atoms with E-state index in [9.17, 15) is 17.6 Å². The minimum atomic E-state index is -4.57. The molecule has 1 aromatic rings. The maximum atomic E-state index is 14.3. The van der Waals surface area contributed by atoms with Gasteiger partial charge in [-0.3, -0.25) is 4.90 Å². The first-order chi connectivity index (χ1) is 10.3. The zero-order valence-electron chi connectivity index (χ0n) is 12.5. The van der Waals surface area contributed by atoms with Crippen LogP contribution in [0.15, 0.2) is 30.4 Å². The van der Waals surface area contributed by atoms with Crippen LogP contribution in [0.3, 0.4) is 0 Å². The van der Waals surface area contributed by atoms with Gasteiger partial charge in [-0.15, -0.1) is 6.58 Å². The average molecular weight is 316 g/mol. The molecule has 0 radical (unpaired) electrons. The quantitative estimate of drug-likeness (QED) is 0.672. The van der Waals surface area contributed by atoms with Gasteiger partial charge in [-0.25, -0.2) is 4.39 Å². The SMILES string of the molecule is C=C(C)C[C@@H](c1c(F)cccc1C(F)(F)F)N1CCNCC1. The Kier molecular flexibility index (Phi) is 5.24. The van der Waals surface area contributed by atoms with E-state index in [4.69, 9.17) is 0 Å². The molecular formula is C16H20F4N2. The molecule has 0 aliphatic carbocycles. The lowest BCUT2D eigenvalue weighted by Gasteiger charge is -2.36. The van der Waals surface area contributed by atoms with Crippen molar-refractivity contribution in [2.75, 3.05) is 26.2 Å². The molecule has 1 saturated heterocycles. The molecule has 0 bridgehead atoms. The number of halogens is 4. The molecule has 0 saturated carbocycles. The monoisotopic (exact) mass is 316 g/mol. The summed E-state index contributed by atoms with van der Waals surface area (Å²) < 4.78 is 54.1. The van der Waals surface area contributed by atoms with Crippen molar-refractivity contribution in [2.45, 2.75) is 25.6 Å². The fourth-order valence-corrected chi connectivity index (χ4v) is 2.86. The molecule has 0 spiro atoms. The number of alkyl halides is 3. The minimum absolute atomic E-state index is 0.264. The van der Waals surface area contributed by atoms with Crippen molar-refractivity contribution in [3.05, 3.63) is 47.3 Å². The number of hydrogen-bond acceptors (Lipinski definition) is 2. The number of piperazine rings is 1. The van der Waals surface area contributed by atoms with Gasteiger partial charge in [-0.1, -0.05) is 11.6 Å². The number of hydrogen-bond donors (Lipinski definition) is 1. The summed E-state index contributed by atoms with van der Waals surface area (Å²) in [6, 6.07) is 2.51. The summed E-state index contributed by atoms with van der Waals surface area (Å²) in [6.45, 7) is 8.08. The lowest BCUT2D eigenvalue weighted by atomic mass is 9.93. The van der Waals surface area contributed by atoms with Gasteiger partial charge < -0.3 is 5.32 Å². The molecule has 0 aromatic heterocycles. The second kappa shape index (κ2) is 6.79. The van der Waals surface area contributed by atoms with Gasteiger partial charge in [0.15, 0.2) is 0 Å². The van der Waals surface area contributed by atoms with E-state index in [1.807, 2.05) is 4.90 Å². The van der Waals surface area contributed by atoms with Crippen molar-refractivity contribution in [1.82, 2.24) is 10.2 Å². The molecule has 0 unspecified atom stereocenters. The normalized spacial score (nSPS) is 18.2. The Morgan fingerprint density at radius 1 is 1.32 bits per heavy atom. The van der Waals surface area contributed by atoms with E-state index in [2.05, 4.69) is 11.9 Å². The van der Waals surface area contributed by atoms with Crippen molar-refractivity contribution in [3.63, 3.8) is 0 Å². The second-order valence-electron chi connectivity index (χ2n) is 5.66. The van der Waals surface area contributed by atoms with Crippen LogP contribution in [0.25, 0.3) is 0 Å². The van der Waals surface area contributed by atoms with Crippen molar-refractivity contribution in [3.8, 4) is 0 Å². The molecule has 1 N–H and O–H groups in total. The Hall–Kier alpha value is -1.40. The van der Waals surface area contributed by atoms with Crippen LogP contribution in [0.4, 0.5) is 17.6 Å². The maximum Gasteiger partial charge on any atom is 0.416 e. The number of benzene rings is 1. The Bertz CT molecular complexity index is 533. The summed E-state index contributed by atoms with van der Waals surface area (Å²) in [5, 5.41) is 3.15. The lowest BCUT2D eigenvalue weighted by molar-refractivity contribution is -0.139. The third-order valence-corrected chi connectivity index (χ3v) is 3.83. The van der Waals surface area contributed by atoms with E-state index in [0.29, 0.717) is 32.6 Å². The van der Waals surface area contributed by atoms with Crippen molar-refractivity contribution < 1.29 is 17.6 Å². The summed E-state index contributed by atoms with van der Waals surface area (Å²) in [5.74, 6) is -0.806. The Morgan fingerprint density at radius 3 is 2.50 bits per heavy atom. The lowest BCUT2D eigenvalue weighted by Crippen LogP contribution is -2.45. The highest BCUT2D eigenvalue weighted by atomic mass is 19.4. The van der Waals surface area contributed by atoms with Crippen LogP contribution >= 0.6 is 0 Å². The first kappa shape index (κ1) is 17.0. The third kappa shape index (κ3) is 3.87. The minimum Gasteiger partial charge on any atom is -0.314 e.